The van der Waals surface area contributed by atoms with Gasteiger partial charge in [0.1, 0.15) is 0 Å². The highest BCUT2D eigenvalue weighted by molar-refractivity contribution is 5.87. The lowest BCUT2D eigenvalue weighted by Crippen LogP contribution is -2.16. The molecule has 3 aromatic carbocycles. The first kappa shape index (κ1) is 14.8. The fourth-order valence-corrected chi connectivity index (χ4v) is 3.22. The Kier molecular flexibility index (Phi) is 3.92. The van der Waals surface area contributed by atoms with Gasteiger partial charge in [0.2, 0.25) is 0 Å². The summed E-state index contributed by atoms with van der Waals surface area (Å²) >= 11 is 0. The summed E-state index contributed by atoms with van der Waals surface area (Å²) in [6, 6.07) is 24.0. The minimum atomic E-state index is 1.10. The van der Waals surface area contributed by atoms with E-state index in [1.165, 1.54) is 33.4 Å². The molecule has 0 bridgehead atoms. The van der Waals surface area contributed by atoms with E-state index in [4.69, 9.17) is 0 Å². The summed E-state index contributed by atoms with van der Waals surface area (Å²) in [7, 11) is 0. The van der Waals surface area contributed by atoms with Gasteiger partial charge in [0, 0.05) is 17.1 Å². The Morgan fingerprint density at radius 3 is 2.25 bits per heavy atom. The standard InChI is InChI=1S/C23H21N/c1-18-11-14-22(15-12-18)24(21-9-3-2-4-10-21)23-16-13-19-7-5-6-8-20(19)17-23/h3,5-17H,2,4H2,1H3. The summed E-state index contributed by atoms with van der Waals surface area (Å²) in [5.41, 5.74) is 4.94. The first-order valence-electron chi connectivity index (χ1n) is 8.53. The lowest BCUT2D eigenvalue weighted by molar-refractivity contribution is 0.997. The fraction of sp³-hybridized carbons (Fsp3) is 0.130. The van der Waals surface area contributed by atoms with Crippen molar-refractivity contribution < 1.29 is 0 Å². The van der Waals surface area contributed by atoms with E-state index in [1.54, 1.807) is 0 Å². The first-order valence-corrected chi connectivity index (χ1v) is 8.53. The Balaban J connectivity index is 1.85. The van der Waals surface area contributed by atoms with Crippen LogP contribution in [0, 0.1) is 6.92 Å². The van der Waals surface area contributed by atoms with Crippen LogP contribution in [0.15, 0.2) is 90.7 Å². The Hall–Kier alpha value is -2.80. The van der Waals surface area contributed by atoms with Crippen LogP contribution in [0.2, 0.25) is 0 Å². The zero-order chi connectivity index (χ0) is 16.4. The summed E-state index contributed by atoms with van der Waals surface area (Å²) < 4.78 is 0. The maximum atomic E-state index is 2.35. The van der Waals surface area contributed by atoms with Crippen molar-refractivity contribution in [3.63, 3.8) is 0 Å². The number of hydrogen-bond donors (Lipinski definition) is 0. The summed E-state index contributed by atoms with van der Waals surface area (Å²) in [4.78, 5) is 2.35. The van der Waals surface area contributed by atoms with E-state index in [2.05, 4.69) is 96.8 Å². The highest BCUT2D eigenvalue weighted by atomic mass is 15.1. The quantitative estimate of drug-likeness (QED) is 0.532. The summed E-state index contributed by atoms with van der Waals surface area (Å²) in [5.74, 6) is 0. The highest BCUT2D eigenvalue weighted by Crippen LogP contribution is 2.34. The molecule has 0 unspecified atom stereocenters. The molecule has 1 nitrogen and oxygen atoms in total. The molecule has 0 amide bonds. The van der Waals surface area contributed by atoms with Gasteiger partial charge in [-0.2, -0.15) is 0 Å². The average molecular weight is 311 g/mol. The van der Waals surface area contributed by atoms with Gasteiger partial charge < -0.3 is 4.90 Å². The van der Waals surface area contributed by atoms with Crippen molar-refractivity contribution in [3.05, 3.63) is 96.2 Å². The van der Waals surface area contributed by atoms with Gasteiger partial charge in [-0.15, -0.1) is 0 Å². The number of rotatable bonds is 3. The summed E-state index contributed by atoms with van der Waals surface area (Å²) in [6.07, 6.45) is 9.05. The molecule has 3 aromatic rings. The van der Waals surface area contributed by atoms with Gasteiger partial charge in [0.15, 0.2) is 0 Å². The molecule has 1 heteroatoms. The van der Waals surface area contributed by atoms with Gasteiger partial charge in [0.05, 0.1) is 0 Å². The molecular weight excluding hydrogens is 290 g/mol. The van der Waals surface area contributed by atoms with Gasteiger partial charge in [0.25, 0.3) is 0 Å². The van der Waals surface area contributed by atoms with E-state index in [0.29, 0.717) is 0 Å². The molecule has 0 heterocycles. The maximum Gasteiger partial charge on any atom is 0.0467 e. The van der Waals surface area contributed by atoms with Crippen molar-refractivity contribution >= 4 is 22.1 Å². The minimum Gasteiger partial charge on any atom is -0.311 e. The molecule has 0 radical (unpaired) electrons. The second kappa shape index (κ2) is 6.37. The predicted molar refractivity (Wildman–Crippen MR) is 104 cm³/mol. The third-order valence-electron chi connectivity index (χ3n) is 4.52. The lowest BCUT2D eigenvalue weighted by Gasteiger charge is -2.28. The van der Waals surface area contributed by atoms with E-state index in [0.717, 1.165) is 12.8 Å². The number of fused-ring (bicyclic) bond motifs is 1. The van der Waals surface area contributed by atoms with E-state index in [9.17, 15) is 0 Å². The molecule has 1 aliphatic carbocycles. The normalized spacial score (nSPS) is 13.8. The number of anilines is 2. The molecule has 24 heavy (non-hydrogen) atoms. The van der Waals surface area contributed by atoms with E-state index in [-0.39, 0.29) is 0 Å². The molecule has 0 aliphatic heterocycles. The number of nitrogens with zero attached hydrogens (tertiary/aromatic N) is 1. The Morgan fingerprint density at radius 1 is 0.750 bits per heavy atom. The lowest BCUT2D eigenvalue weighted by atomic mass is 10.1. The number of hydrogen-bond acceptors (Lipinski definition) is 1. The highest BCUT2D eigenvalue weighted by Gasteiger charge is 2.14. The monoisotopic (exact) mass is 311 g/mol. The van der Waals surface area contributed by atoms with Crippen LogP contribution in [-0.2, 0) is 0 Å². The van der Waals surface area contributed by atoms with Gasteiger partial charge >= 0.3 is 0 Å². The van der Waals surface area contributed by atoms with E-state index < -0.39 is 0 Å². The second-order valence-electron chi connectivity index (χ2n) is 6.31. The van der Waals surface area contributed by atoms with Crippen LogP contribution in [0.5, 0.6) is 0 Å². The van der Waals surface area contributed by atoms with Crippen LogP contribution in [0.25, 0.3) is 10.8 Å². The topological polar surface area (TPSA) is 3.24 Å². The third kappa shape index (κ3) is 2.85. The molecule has 118 valence electrons. The van der Waals surface area contributed by atoms with E-state index in [1.807, 2.05) is 0 Å². The van der Waals surface area contributed by atoms with Crippen LogP contribution in [0.4, 0.5) is 11.4 Å². The summed E-state index contributed by atoms with van der Waals surface area (Å²) in [6.45, 7) is 2.13. The van der Waals surface area contributed by atoms with Gasteiger partial charge in [-0.25, -0.2) is 0 Å². The van der Waals surface area contributed by atoms with Crippen molar-refractivity contribution in [3.8, 4) is 0 Å². The largest absolute Gasteiger partial charge is 0.311 e. The van der Waals surface area contributed by atoms with Gasteiger partial charge in [-0.1, -0.05) is 60.2 Å². The van der Waals surface area contributed by atoms with Gasteiger partial charge in [-0.05, 0) is 60.9 Å². The zero-order valence-corrected chi connectivity index (χ0v) is 13.9. The molecule has 4 rings (SSSR count). The summed E-state index contributed by atoms with van der Waals surface area (Å²) in [5, 5.41) is 2.55. The smallest absolute Gasteiger partial charge is 0.0467 e. The van der Waals surface area contributed by atoms with Crippen molar-refractivity contribution in [1.29, 1.82) is 0 Å². The number of aryl methyl sites for hydroxylation is 1. The van der Waals surface area contributed by atoms with Crippen molar-refractivity contribution in [2.75, 3.05) is 4.90 Å². The van der Waals surface area contributed by atoms with Crippen LogP contribution < -0.4 is 4.90 Å². The predicted octanol–water partition coefficient (Wildman–Crippen LogP) is 6.52. The maximum absolute atomic E-state index is 2.35. The molecule has 0 atom stereocenters. The second-order valence-corrected chi connectivity index (χ2v) is 6.31. The molecule has 0 saturated heterocycles. The minimum absolute atomic E-state index is 1.10. The van der Waals surface area contributed by atoms with Crippen LogP contribution in [0.3, 0.4) is 0 Å². The fourth-order valence-electron chi connectivity index (χ4n) is 3.22. The average Bonchev–Trinajstić information content (AvgIpc) is 2.64. The molecule has 1 aliphatic rings. The van der Waals surface area contributed by atoms with Crippen molar-refractivity contribution in [1.82, 2.24) is 0 Å². The Morgan fingerprint density at radius 2 is 1.50 bits per heavy atom. The molecule has 0 spiro atoms. The molecular formula is C23H21N. The number of allylic oxidation sites excluding steroid dienone is 3. The molecule has 0 aromatic heterocycles. The third-order valence-corrected chi connectivity index (χ3v) is 4.52. The Bertz CT molecular complexity index is 916. The van der Waals surface area contributed by atoms with Crippen LogP contribution >= 0.6 is 0 Å². The number of benzene rings is 3. The van der Waals surface area contributed by atoms with Crippen LogP contribution in [-0.4, -0.2) is 0 Å². The molecule has 0 saturated carbocycles. The first-order chi connectivity index (χ1) is 11.8. The zero-order valence-electron chi connectivity index (χ0n) is 13.9. The molecule has 0 N–H and O–H groups in total. The van der Waals surface area contributed by atoms with Gasteiger partial charge in [-0.3, -0.25) is 0 Å². The molecule has 0 fully saturated rings. The Labute approximate surface area is 143 Å². The van der Waals surface area contributed by atoms with Crippen molar-refractivity contribution in [2.45, 2.75) is 19.8 Å². The SMILES string of the molecule is Cc1ccc(N(C2=CCCC=C2)c2ccc3ccccc3c2)cc1. The van der Waals surface area contributed by atoms with Crippen LogP contribution in [0.1, 0.15) is 18.4 Å². The van der Waals surface area contributed by atoms with E-state index >= 15 is 0 Å². The van der Waals surface area contributed by atoms with Crippen molar-refractivity contribution in [2.24, 2.45) is 0 Å².